The molecule has 1 unspecified atom stereocenters. The summed E-state index contributed by atoms with van der Waals surface area (Å²) in [6.45, 7) is 0.0241. The molecular formula is C27H21ClN2O4S. The van der Waals surface area contributed by atoms with Crippen LogP contribution in [0.3, 0.4) is 0 Å². The van der Waals surface area contributed by atoms with Gasteiger partial charge in [0.25, 0.3) is 15.9 Å². The molecule has 0 radical (unpaired) electrons. The number of carbonyl (C=O) groups excluding carboxylic acids is 1. The summed E-state index contributed by atoms with van der Waals surface area (Å²) < 4.78 is 35.2. The van der Waals surface area contributed by atoms with Crippen LogP contribution in [-0.2, 0) is 10.0 Å². The Hall–Kier alpha value is -3.81. The Balaban J connectivity index is 1.62. The van der Waals surface area contributed by atoms with E-state index < -0.39 is 22.0 Å². The highest BCUT2D eigenvalue weighted by atomic mass is 35.5. The van der Waals surface area contributed by atoms with E-state index in [1.54, 1.807) is 84.9 Å². The predicted octanol–water partition coefficient (Wildman–Crippen LogP) is 5.92. The third-order valence-corrected chi connectivity index (χ3v) is 7.82. The van der Waals surface area contributed by atoms with Gasteiger partial charge in [-0.1, -0.05) is 66.2 Å². The van der Waals surface area contributed by atoms with Crippen molar-refractivity contribution in [2.45, 2.75) is 10.9 Å². The van der Waals surface area contributed by atoms with Crippen LogP contribution in [0.2, 0.25) is 5.02 Å². The van der Waals surface area contributed by atoms with Gasteiger partial charge in [0.1, 0.15) is 12.6 Å². The molecule has 0 saturated heterocycles. The standard InChI is InChI=1S/C27H21ClN2O4S/c28-20-16-14-19(15-17-20)25-18-34-26-23(27(31)29-21-8-3-1-4-9-21)12-7-13-24(26)30(25)35(32,33)22-10-5-2-6-11-22/h1-17,25H,18H2,(H,29,31). The van der Waals surface area contributed by atoms with Gasteiger partial charge >= 0.3 is 0 Å². The van der Waals surface area contributed by atoms with Gasteiger partial charge in [0, 0.05) is 10.7 Å². The Bertz CT molecular complexity index is 1460. The van der Waals surface area contributed by atoms with Crippen LogP contribution < -0.4 is 14.4 Å². The zero-order valence-corrected chi connectivity index (χ0v) is 20.0. The SMILES string of the molecule is O=C(Nc1ccccc1)c1cccc2c1OCC(c1ccc(Cl)cc1)N2S(=O)(=O)c1ccccc1. The molecule has 176 valence electrons. The number of nitrogens with zero attached hydrogens (tertiary/aromatic N) is 1. The van der Waals surface area contributed by atoms with Crippen LogP contribution in [0.5, 0.6) is 5.75 Å². The predicted molar refractivity (Wildman–Crippen MR) is 137 cm³/mol. The second-order valence-corrected chi connectivity index (χ2v) is 10.2. The van der Waals surface area contributed by atoms with E-state index in [1.165, 1.54) is 4.31 Å². The minimum atomic E-state index is -4.00. The third kappa shape index (κ3) is 4.48. The van der Waals surface area contributed by atoms with Crippen molar-refractivity contribution in [3.8, 4) is 5.75 Å². The maximum atomic E-state index is 13.9. The maximum Gasteiger partial charge on any atom is 0.265 e. The van der Waals surface area contributed by atoms with Gasteiger partial charge in [-0.15, -0.1) is 0 Å². The van der Waals surface area contributed by atoms with E-state index in [9.17, 15) is 13.2 Å². The smallest absolute Gasteiger partial charge is 0.265 e. The molecule has 1 heterocycles. The summed E-state index contributed by atoms with van der Waals surface area (Å²) in [5, 5.41) is 3.39. The minimum Gasteiger partial charge on any atom is -0.488 e. The molecule has 0 aliphatic carbocycles. The van der Waals surface area contributed by atoms with Gasteiger partial charge in [-0.05, 0) is 54.1 Å². The number of fused-ring (bicyclic) bond motifs is 1. The molecule has 0 spiro atoms. The molecule has 35 heavy (non-hydrogen) atoms. The Kier molecular flexibility index (Phi) is 6.19. The number of nitrogens with one attached hydrogen (secondary N) is 1. The molecule has 8 heteroatoms. The molecule has 1 aliphatic rings. The number of benzene rings is 4. The third-order valence-electron chi connectivity index (χ3n) is 5.73. The fourth-order valence-electron chi connectivity index (χ4n) is 4.07. The van der Waals surface area contributed by atoms with E-state index in [0.29, 0.717) is 16.4 Å². The van der Waals surface area contributed by atoms with Crippen LogP contribution in [-0.4, -0.2) is 20.9 Å². The van der Waals surface area contributed by atoms with E-state index in [4.69, 9.17) is 16.3 Å². The molecule has 0 saturated carbocycles. The van der Waals surface area contributed by atoms with Crippen LogP contribution in [0.4, 0.5) is 11.4 Å². The fraction of sp³-hybridized carbons (Fsp3) is 0.0741. The van der Waals surface area contributed by atoms with E-state index in [2.05, 4.69) is 5.32 Å². The number of hydrogen-bond acceptors (Lipinski definition) is 4. The van der Waals surface area contributed by atoms with Gasteiger partial charge < -0.3 is 10.1 Å². The highest BCUT2D eigenvalue weighted by molar-refractivity contribution is 7.92. The van der Waals surface area contributed by atoms with Crippen LogP contribution in [0.1, 0.15) is 22.0 Å². The Labute approximate surface area is 208 Å². The zero-order valence-electron chi connectivity index (χ0n) is 18.5. The van der Waals surface area contributed by atoms with E-state index in [1.807, 2.05) is 18.2 Å². The molecule has 4 aromatic carbocycles. The minimum absolute atomic E-state index is 0.0241. The molecule has 6 nitrogen and oxygen atoms in total. The summed E-state index contributed by atoms with van der Waals surface area (Å²) in [5.74, 6) is -0.180. The number of anilines is 2. The summed E-state index contributed by atoms with van der Waals surface area (Å²) in [5.41, 5.74) is 1.88. The fourth-order valence-corrected chi connectivity index (χ4v) is 5.84. The van der Waals surface area contributed by atoms with Gasteiger partial charge in [0.15, 0.2) is 5.75 Å². The Morgan fingerprint density at radius 2 is 1.51 bits per heavy atom. The van der Waals surface area contributed by atoms with Gasteiger partial charge in [-0.2, -0.15) is 0 Å². The van der Waals surface area contributed by atoms with Crippen molar-refractivity contribution in [2.75, 3.05) is 16.2 Å². The number of para-hydroxylation sites is 2. The first-order chi connectivity index (χ1) is 16.9. The molecule has 0 bridgehead atoms. The highest BCUT2D eigenvalue weighted by Crippen LogP contribution is 2.45. The van der Waals surface area contributed by atoms with Crippen molar-refractivity contribution in [2.24, 2.45) is 0 Å². The van der Waals surface area contributed by atoms with E-state index in [-0.39, 0.29) is 22.8 Å². The average molecular weight is 505 g/mol. The lowest BCUT2D eigenvalue weighted by atomic mass is 10.0. The van der Waals surface area contributed by atoms with Crippen molar-refractivity contribution in [1.29, 1.82) is 0 Å². The van der Waals surface area contributed by atoms with Gasteiger partial charge in [0.05, 0.1) is 16.1 Å². The van der Waals surface area contributed by atoms with Crippen molar-refractivity contribution in [1.82, 2.24) is 0 Å². The number of hydrogen-bond donors (Lipinski definition) is 1. The summed E-state index contributed by atoms with van der Waals surface area (Å²) in [6.07, 6.45) is 0. The quantitative estimate of drug-likeness (QED) is 0.366. The first-order valence-electron chi connectivity index (χ1n) is 10.9. The molecule has 1 atom stereocenters. The Morgan fingerprint density at radius 1 is 0.857 bits per heavy atom. The summed E-state index contributed by atoms with van der Waals surface area (Å²) in [6, 6.07) is 28.5. The average Bonchev–Trinajstić information content (AvgIpc) is 2.89. The monoisotopic (exact) mass is 504 g/mol. The molecule has 4 aromatic rings. The van der Waals surface area contributed by atoms with Crippen LogP contribution in [0, 0.1) is 0 Å². The molecule has 5 rings (SSSR count). The van der Waals surface area contributed by atoms with Crippen molar-refractivity contribution in [3.63, 3.8) is 0 Å². The normalized spacial score (nSPS) is 15.1. The molecule has 1 aliphatic heterocycles. The van der Waals surface area contributed by atoms with Gasteiger partial charge in [-0.25, -0.2) is 8.42 Å². The van der Waals surface area contributed by atoms with Crippen LogP contribution in [0.15, 0.2) is 108 Å². The molecule has 0 fully saturated rings. The van der Waals surface area contributed by atoms with Gasteiger partial charge in [-0.3, -0.25) is 9.10 Å². The molecule has 0 aromatic heterocycles. The van der Waals surface area contributed by atoms with Gasteiger partial charge in [0.2, 0.25) is 0 Å². The van der Waals surface area contributed by atoms with Crippen LogP contribution >= 0.6 is 11.6 Å². The molecular weight excluding hydrogens is 484 g/mol. The lowest BCUT2D eigenvalue weighted by molar-refractivity contribution is 0.102. The van der Waals surface area contributed by atoms with Crippen LogP contribution in [0.25, 0.3) is 0 Å². The number of sulfonamides is 1. The first kappa shape index (κ1) is 23.0. The van der Waals surface area contributed by atoms with E-state index >= 15 is 0 Å². The summed E-state index contributed by atoms with van der Waals surface area (Å²) in [7, 11) is -4.00. The molecule has 1 amide bonds. The van der Waals surface area contributed by atoms with Crippen molar-refractivity contribution < 1.29 is 17.9 Å². The second-order valence-electron chi connectivity index (χ2n) is 7.97. The summed E-state index contributed by atoms with van der Waals surface area (Å²) >= 11 is 6.07. The van der Waals surface area contributed by atoms with E-state index in [0.717, 1.165) is 5.56 Å². The van der Waals surface area contributed by atoms with Crippen molar-refractivity contribution >= 4 is 38.9 Å². The number of rotatable bonds is 5. The number of ether oxygens (including phenoxy) is 1. The summed E-state index contributed by atoms with van der Waals surface area (Å²) in [4.78, 5) is 13.3. The number of halogens is 1. The highest BCUT2D eigenvalue weighted by Gasteiger charge is 2.39. The molecule has 1 N–H and O–H groups in total. The number of carbonyl (C=O) groups is 1. The largest absolute Gasteiger partial charge is 0.488 e. The maximum absolute atomic E-state index is 13.9. The zero-order chi connectivity index (χ0) is 24.4. The lowest BCUT2D eigenvalue weighted by Crippen LogP contribution is -2.41. The Morgan fingerprint density at radius 3 is 2.20 bits per heavy atom. The number of amides is 1. The second kappa shape index (κ2) is 9.44. The first-order valence-corrected chi connectivity index (χ1v) is 12.7. The topological polar surface area (TPSA) is 75.7 Å². The lowest BCUT2D eigenvalue weighted by Gasteiger charge is -2.38. The van der Waals surface area contributed by atoms with Crippen molar-refractivity contribution in [3.05, 3.63) is 119 Å².